The third kappa shape index (κ3) is 2.11. The Labute approximate surface area is 36.7 Å². The van der Waals surface area contributed by atoms with Crippen LogP contribution >= 0.6 is 0 Å². The summed E-state index contributed by atoms with van der Waals surface area (Å²) in [5.41, 5.74) is 0. The Morgan fingerprint density at radius 3 is 2.33 bits per heavy atom. The molecule has 3 heteroatoms. The van der Waals surface area contributed by atoms with Crippen molar-refractivity contribution in [2.75, 3.05) is 13.3 Å². The molecule has 0 heterocycles. The average molecular weight is 92.1 g/mol. The molecule has 0 aromatic carbocycles. The van der Waals surface area contributed by atoms with Crippen molar-refractivity contribution in [2.24, 2.45) is 5.84 Å². The molecule has 38 valence electrons. The van der Waals surface area contributed by atoms with Crippen LogP contribution in [0.5, 0.6) is 0 Å². The third-order valence-corrected chi connectivity index (χ3v) is 0.560. The summed E-state index contributed by atoms with van der Waals surface area (Å²) in [5, 5.41) is 1.08. The van der Waals surface area contributed by atoms with E-state index in [1.807, 2.05) is 0 Å². The van der Waals surface area contributed by atoms with E-state index < -0.39 is 6.80 Å². The minimum Gasteiger partial charge on any atom is -0.266 e. The van der Waals surface area contributed by atoms with Crippen molar-refractivity contribution in [2.45, 2.75) is 6.92 Å². The van der Waals surface area contributed by atoms with Crippen LogP contribution in [0.1, 0.15) is 6.92 Å². The summed E-state index contributed by atoms with van der Waals surface area (Å²) in [4.78, 5) is 0. The van der Waals surface area contributed by atoms with Gasteiger partial charge in [0, 0.05) is 6.54 Å². The van der Waals surface area contributed by atoms with E-state index in [4.69, 9.17) is 5.84 Å². The summed E-state index contributed by atoms with van der Waals surface area (Å²) in [5.74, 6) is 4.93. The minimum absolute atomic E-state index is 0.559. The number of hydrogen-bond acceptors (Lipinski definition) is 2. The Balaban J connectivity index is 2.75. The number of rotatable bonds is 2. The Morgan fingerprint density at radius 1 is 1.83 bits per heavy atom. The Bertz CT molecular complexity index is 28.0. The van der Waals surface area contributed by atoms with Crippen LogP contribution in [0.4, 0.5) is 4.39 Å². The topological polar surface area (TPSA) is 29.3 Å². The smallest absolute Gasteiger partial charge is 0.155 e. The maximum Gasteiger partial charge on any atom is 0.155 e. The fourth-order valence-corrected chi connectivity index (χ4v) is 0.0845. The third-order valence-electron chi connectivity index (χ3n) is 0.560. The first-order chi connectivity index (χ1) is 2.81. The lowest BCUT2D eigenvalue weighted by Crippen LogP contribution is -2.29. The highest BCUT2D eigenvalue weighted by Gasteiger charge is 1.85. The first kappa shape index (κ1) is 5.85. The van der Waals surface area contributed by atoms with Gasteiger partial charge in [-0.2, -0.15) is 0 Å². The van der Waals surface area contributed by atoms with Crippen molar-refractivity contribution in [3.63, 3.8) is 0 Å². The second kappa shape index (κ2) is 3.06. The van der Waals surface area contributed by atoms with Gasteiger partial charge in [-0.05, 0) is 0 Å². The van der Waals surface area contributed by atoms with Gasteiger partial charge >= 0.3 is 0 Å². The van der Waals surface area contributed by atoms with Crippen molar-refractivity contribution < 1.29 is 4.39 Å². The van der Waals surface area contributed by atoms with Gasteiger partial charge in [0.25, 0.3) is 0 Å². The number of nitrogens with two attached hydrogens (primary N) is 1. The molecule has 0 aromatic heterocycles. The molecular weight excluding hydrogens is 83.0 g/mol. The summed E-state index contributed by atoms with van der Waals surface area (Å²) in [7, 11) is 0. The number of halogens is 1. The maximum absolute atomic E-state index is 11.2. The predicted molar refractivity (Wildman–Crippen MR) is 22.5 cm³/mol. The molecular formula is C3H9FN2. The zero-order valence-corrected chi connectivity index (χ0v) is 3.82. The molecule has 0 amide bonds. The molecule has 6 heavy (non-hydrogen) atoms. The monoisotopic (exact) mass is 92.1 g/mol. The molecule has 0 saturated carbocycles. The van der Waals surface area contributed by atoms with Gasteiger partial charge in [0.2, 0.25) is 0 Å². The van der Waals surface area contributed by atoms with E-state index in [0.29, 0.717) is 6.54 Å². The molecule has 0 radical (unpaired) electrons. The van der Waals surface area contributed by atoms with Crippen LogP contribution in [0.15, 0.2) is 0 Å². The normalized spacial score (nSPS) is 10.0. The molecule has 0 bridgehead atoms. The van der Waals surface area contributed by atoms with Gasteiger partial charge in [-0.25, -0.2) is 9.40 Å². The van der Waals surface area contributed by atoms with E-state index in [1.165, 1.54) is 0 Å². The fraction of sp³-hybridized carbons (Fsp3) is 1.00. The van der Waals surface area contributed by atoms with Gasteiger partial charge in [-0.3, -0.25) is 5.84 Å². The quantitative estimate of drug-likeness (QED) is 0.297. The highest BCUT2D eigenvalue weighted by molar-refractivity contribution is 4.26. The number of hydrazine groups is 1. The maximum atomic E-state index is 11.2. The van der Waals surface area contributed by atoms with Gasteiger partial charge in [-0.15, -0.1) is 0 Å². The molecule has 0 saturated heterocycles. The van der Waals surface area contributed by atoms with Gasteiger partial charge in [0.1, 0.15) is 0 Å². The van der Waals surface area contributed by atoms with E-state index in [2.05, 4.69) is 0 Å². The molecule has 0 rings (SSSR count). The zero-order valence-electron chi connectivity index (χ0n) is 3.82. The van der Waals surface area contributed by atoms with Crippen LogP contribution in [0, 0.1) is 0 Å². The molecule has 0 atom stereocenters. The van der Waals surface area contributed by atoms with Gasteiger partial charge in [-0.1, -0.05) is 6.92 Å². The largest absolute Gasteiger partial charge is 0.266 e. The fourth-order valence-electron chi connectivity index (χ4n) is 0.0845. The van der Waals surface area contributed by atoms with Gasteiger partial charge < -0.3 is 0 Å². The lowest BCUT2D eigenvalue weighted by molar-refractivity contribution is 0.198. The van der Waals surface area contributed by atoms with Crippen LogP contribution in [0.2, 0.25) is 0 Å². The second-order valence-corrected chi connectivity index (χ2v) is 1.02. The molecule has 2 nitrogen and oxygen atoms in total. The summed E-state index contributed by atoms with van der Waals surface area (Å²) >= 11 is 0. The van der Waals surface area contributed by atoms with E-state index >= 15 is 0 Å². The predicted octanol–water partition coefficient (Wildman–Crippen LogP) is 0.109. The summed E-state index contributed by atoms with van der Waals surface area (Å²) in [6.07, 6.45) is 0. The van der Waals surface area contributed by atoms with Crippen LogP contribution < -0.4 is 5.84 Å². The van der Waals surface area contributed by atoms with Crippen LogP contribution in [0.3, 0.4) is 0 Å². The van der Waals surface area contributed by atoms with Crippen molar-refractivity contribution in [1.29, 1.82) is 0 Å². The van der Waals surface area contributed by atoms with Crippen molar-refractivity contribution in [3.8, 4) is 0 Å². The Kier molecular flexibility index (Phi) is 2.98. The first-order valence-electron chi connectivity index (χ1n) is 1.87. The van der Waals surface area contributed by atoms with Crippen LogP contribution in [0.25, 0.3) is 0 Å². The highest BCUT2D eigenvalue weighted by Crippen LogP contribution is 1.71. The van der Waals surface area contributed by atoms with E-state index in [0.717, 1.165) is 5.01 Å². The van der Waals surface area contributed by atoms with Gasteiger partial charge in [0.05, 0.1) is 0 Å². The van der Waals surface area contributed by atoms with E-state index in [9.17, 15) is 4.39 Å². The number of nitrogens with zero attached hydrogens (tertiary/aromatic N) is 1. The van der Waals surface area contributed by atoms with Crippen LogP contribution in [-0.2, 0) is 0 Å². The standard InChI is InChI=1S/C3H9FN2/c1-2-6(5)3-4/h2-3,5H2,1H3. The Morgan fingerprint density at radius 2 is 2.33 bits per heavy atom. The molecule has 0 aliphatic carbocycles. The SMILES string of the molecule is CCN(N)CF. The van der Waals surface area contributed by atoms with E-state index in [1.54, 1.807) is 6.92 Å². The first-order valence-corrected chi connectivity index (χ1v) is 1.87. The van der Waals surface area contributed by atoms with Gasteiger partial charge in [0.15, 0.2) is 6.80 Å². The lowest BCUT2D eigenvalue weighted by Gasteiger charge is -2.04. The molecule has 0 spiro atoms. The number of hydrogen-bond donors (Lipinski definition) is 1. The highest BCUT2D eigenvalue weighted by atomic mass is 19.1. The molecule has 0 aliphatic heterocycles. The summed E-state index contributed by atoms with van der Waals surface area (Å²) in [6, 6.07) is 0. The lowest BCUT2D eigenvalue weighted by atomic mass is 10.7. The minimum atomic E-state index is -0.559. The van der Waals surface area contributed by atoms with E-state index in [-0.39, 0.29) is 0 Å². The molecule has 2 N–H and O–H groups in total. The zero-order chi connectivity index (χ0) is 4.99. The molecule has 0 fully saturated rings. The summed E-state index contributed by atoms with van der Waals surface area (Å²) in [6.45, 7) is 1.80. The second-order valence-electron chi connectivity index (χ2n) is 1.02. The van der Waals surface area contributed by atoms with Crippen molar-refractivity contribution >= 4 is 0 Å². The average Bonchev–Trinajstić information content (AvgIpc) is 1.65. The number of alkyl halides is 1. The Hall–Kier alpha value is -0.150. The van der Waals surface area contributed by atoms with Crippen molar-refractivity contribution in [1.82, 2.24) is 5.01 Å². The van der Waals surface area contributed by atoms with Crippen LogP contribution in [-0.4, -0.2) is 18.4 Å². The summed E-state index contributed by atoms with van der Waals surface area (Å²) < 4.78 is 11.2. The molecule has 0 unspecified atom stereocenters. The molecule has 0 aromatic rings. The molecule has 0 aliphatic rings. The van der Waals surface area contributed by atoms with Crippen molar-refractivity contribution in [3.05, 3.63) is 0 Å².